The Balaban J connectivity index is 4.55. The van der Waals surface area contributed by atoms with Crippen LogP contribution in [0.1, 0.15) is 252 Å². The summed E-state index contributed by atoms with van der Waals surface area (Å²) < 4.78 is 16.9. The molecule has 1 atom stereocenters. The number of carbonyl (C=O) groups is 3. The van der Waals surface area contributed by atoms with Crippen molar-refractivity contribution in [3.63, 3.8) is 0 Å². The Morgan fingerprint density at radius 1 is 0.259 bits per heavy atom. The van der Waals surface area contributed by atoms with Crippen molar-refractivity contribution in [2.45, 2.75) is 258 Å². The Morgan fingerprint density at radius 2 is 0.494 bits per heavy atom. The summed E-state index contributed by atoms with van der Waals surface area (Å²) in [5.74, 6) is -1.02. The van der Waals surface area contributed by atoms with Gasteiger partial charge in [-0.25, -0.2) is 0 Å². The second-order valence-corrected chi connectivity index (χ2v) is 20.5. The molecule has 0 amide bonds. The van der Waals surface area contributed by atoms with Crippen molar-refractivity contribution < 1.29 is 28.6 Å². The molecule has 0 saturated heterocycles. The molecule has 0 fully saturated rings. The summed E-state index contributed by atoms with van der Waals surface area (Å²) in [6.07, 6.45) is 100. The molecule has 0 aliphatic rings. The van der Waals surface area contributed by atoms with Gasteiger partial charge in [0.15, 0.2) is 6.10 Å². The fourth-order valence-electron chi connectivity index (χ4n) is 8.11. The van der Waals surface area contributed by atoms with E-state index in [0.717, 1.165) is 167 Å². The quantitative estimate of drug-likeness (QED) is 0.0261. The lowest BCUT2D eigenvalue weighted by Gasteiger charge is -2.18. The second-order valence-electron chi connectivity index (χ2n) is 20.5. The van der Waals surface area contributed by atoms with E-state index in [9.17, 15) is 14.4 Å². The van der Waals surface area contributed by atoms with Gasteiger partial charge in [0.2, 0.25) is 0 Å². The summed E-state index contributed by atoms with van der Waals surface area (Å²) in [4.78, 5) is 38.3. The molecule has 0 aliphatic carbocycles. The van der Waals surface area contributed by atoms with Crippen LogP contribution in [0.15, 0.2) is 182 Å². The molecule has 0 saturated carbocycles. The standard InChI is InChI=1S/C75H116O6/c1-4-7-10-13-16-19-22-25-28-30-32-34-36-37-39-40-42-44-47-50-53-56-59-62-65-68-74(77)80-71-72(70-79-73(76)67-64-61-58-55-52-49-46-27-24-21-18-15-12-9-6-3)81-75(78)69-66-63-60-57-54-51-48-45-43-41-38-35-33-31-29-26-23-20-17-14-11-8-5-2/h7-8,10-11,16-21,25-29,32-35,37,39,41-44,46,48,51,57,60,72H,4-6,9,12-15,22-24,30-31,36,38,40,45,47,49-50,52-56,58-59,61-71H2,1-3H3/b10-7-,11-8-,19-16-,20-17-,21-18-,28-25-,29-26-,34-32-,35-33-,39-37-,43-41-,44-42-,46-27-,51-48-,60-57-. The van der Waals surface area contributed by atoms with E-state index in [1.807, 2.05) is 0 Å². The molecular weight excluding hydrogens is 997 g/mol. The van der Waals surface area contributed by atoms with Crippen LogP contribution in [0, 0.1) is 0 Å². The van der Waals surface area contributed by atoms with Gasteiger partial charge in [-0.1, -0.05) is 261 Å². The lowest BCUT2D eigenvalue weighted by Crippen LogP contribution is -2.30. The van der Waals surface area contributed by atoms with Crippen LogP contribution in [0.5, 0.6) is 0 Å². The summed E-state index contributed by atoms with van der Waals surface area (Å²) in [5.41, 5.74) is 0. The second kappa shape index (κ2) is 67.0. The molecule has 0 aromatic carbocycles. The molecule has 0 bridgehead atoms. The molecule has 0 rings (SSSR count). The molecule has 0 spiro atoms. The molecule has 81 heavy (non-hydrogen) atoms. The highest BCUT2D eigenvalue weighted by atomic mass is 16.6. The lowest BCUT2D eigenvalue weighted by molar-refractivity contribution is -0.167. The molecule has 1 unspecified atom stereocenters. The highest BCUT2D eigenvalue weighted by Gasteiger charge is 2.19. The zero-order valence-electron chi connectivity index (χ0n) is 51.7. The molecule has 452 valence electrons. The third-order valence-corrected chi connectivity index (χ3v) is 12.9. The average Bonchev–Trinajstić information content (AvgIpc) is 3.47. The first-order valence-electron chi connectivity index (χ1n) is 32.3. The molecule has 0 radical (unpaired) electrons. The summed E-state index contributed by atoms with van der Waals surface area (Å²) in [7, 11) is 0. The van der Waals surface area contributed by atoms with E-state index in [4.69, 9.17) is 14.2 Å². The van der Waals surface area contributed by atoms with Crippen molar-refractivity contribution in [2.75, 3.05) is 13.2 Å². The summed E-state index contributed by atoms with van der Waals surface area (Å²) >= 11 is 0. The molecule has 6 heteroatoms. The van der Waals surface area contributed by atoms with E-state index >= 15 is 0 Å². The van der Waals surface area contributed by atoms with E-state index in [1.54, 1.807) is 0 Å². The van der Waals surface area contributed by atoms with Crippen LogP contribution in [0.2, 0.25) is 0 Å². The topological polar surface area (TPSA) is 78.9 Å². The van der Waals surface area contributed by atoms with Crippen LogP contribution in [-0.4, -0.2) is 37.2 Å². The molecule has 6 nitrogen and oxygen atoms in total. The van der Waals surface area contributed by atoms with Crippen molar-refractivity contribution in [3.05, 3.63) is 182 Å². The predicted octanol–water partition coefficient (Wildman–Crippen LogP) is 22.4. The van der Waals surface area contributed by atoms with Crippen LogP contribution < -0.4 is 0 Å². The Bertz CT molecular complexity index is 1900. The predicted molar refractivity (Wildman–Crippen MR) is 352 cm³/mol. The summed E-state index contributed by atoms with van der Waals surface area (Å²) in [5, 5.41) is 0. The van der Waals surface area contributed by atoms with Gasteiger partial charge in [0.1, 0.15) is 13.2 Å². The highest BCUT2D eigenvalue weighted by Crippen LogP contribution is 2.13. The van der Waals surface area contributed by atoms with Gasteiger partial charge in [-0.2, -0.15) is 0 Å². The van der Waals surface area contributed by atoms with Crippen LogP contribution in [0.25, 0.3) is 0 Å². The Morgan fingerprint density at radius 3 is 0.790 bits per heavy atom. The molecule has 0 heterocycles. The van der Waals surface area contributed by atoms with E-state index < -0.39 is 6.10 Å². The first-order chi connectivity index (χ1) is 40.0. The van der Waals surface area contributed by atoms with Gasteiger partial charge in [0.25, 0.3) is 0 Å². The van der Waals surface area contributed by atoms with Gasteiger partial charge >= 0.3 is 17.9 Å². The smallest absolute Gasteiger partial charge is 0.306 e. The first kappa shape index (κ1) is 75.5. The van der Waals surface area contributed by atoms with Crippen LogP contribution in [0.3, 0.4) is 0 Å². The number of hydrogen-bond donors (Lipinski definition) is 0. The van der Waals surface area contributed by atoms with Gasteiger partial charge in [-0.3, -0.25) is 14.4 Å². The fraction of sp³-hybridized carbons (Fsp3) is 0.560. The fourth-order valence-corrected chi connectivity index (χ4v) is 8.11. The molecular formula is C75H116O6. The monoisotopic (exact) mass is 1110 g/mol. The Labute approximate surface area is 497 Å². The first-order valence-corrected chi connectivity index (χ1v) is 32.3. The number of rotatable bonds is 56. The number of unbranched alkanes of at least 4 members (excludes halogenated alkanes) is 15. The van der Waals surface area contributed by atoms with Crippen molar-refractivity contribution in [1.29, 1.82) is 0 Å². The number of carbonyl (C=O) groups excluding carboxylic acids is 3. The minimum absolute atomic E-state index is 0.122. The minimum atomic E-state index is -0.834. The van der Waals surface area contributed by atoms with Crippen molar-refractivity contribution in [2.24, 2.45) is 0 Å². The van der Waals surface area contributed by atoms with Gasteiger partial charge in [0, 0.05) is 19.3 Å². The number of hydrogen-bond acceptors (Lipinski definition) is 6. The molecule has 0 aliphatic heterocycles. The normalized spacial score (nSPS) is 13.4. The average molecular weight is 1110 g/mol. The van der Waals surface area contributed by atoms with Crippen molar-refractivity contribution >= 4 is 17.9 Å². The largest absolute Gasteiger partial charge is 0.462 e. The van der Waals surface area contributed by atoms with E-state index in [2.05, 4.69) is 203 Å². The maximum Gasteiger partial charge on any atom is 0.306 e. The maximum absolute atomic E-state index is 12.9. The number of ether oxygens (including phenoxy) is 3. The van der Waals surface area contributed by atoms with Gasteiger partial charge < -0.3 is 14.2 Å². The maximum atomic E-state index is 12.9. The zero-order chi connectivity index (χ0) is 58.5. The van der Waals surface area contributed by atoms with Gasteiger partial charge in [0.05, 0.1) is 0 Å². The minimum Gasteiger partial charge on any atom is -0.462 e. The third-order valence-electron chi connectivity index (χ3n) is 12.9. The zero-order valence-corrected chi connectivity index (χ0v) is 51.7. The van der Waals surface area contributed by atoms with E-state index in [1.165, 1.54) is 38.5 Å². The summed E-state index contributed by atoms with van der Waals surface area (Å²) in [6, 6.07) is 0. The van der Waals surface area contributed by atoms with Gasteiger partial charge in [-0.05, 0) is 154 Å². The van der Waals surface area contributed by atoms with Crippen LogP contribution in [0.4, 0.5) is 0 Å². The van der Waals surface area contributed by atoms with E-state index in [0.29, 0.717) is 19.3 Å². The lowest BCUT2D eigenvalue weighted by atomic mass is 10.1. The summed E-state index contributed by atoms with van der Waals surface area (Å²) in [6.45, 7) is 6.30. The number of esters is 3. The Hall–Kier alpha value is -5.49. The van der Waals surface area contributed by atoms with E-state index in [-0.39, 0.29) is 37.5 Å². The van der Waals surface area contributed by atoms with Crippen molar-refractivity contribution in [3.8, 4) is 0 Å². The highest BCUT2D eigenvalue weighted by molar-refractivity contribution is 5.71. The van der Waals surface area contributed by atoms with Crippen LogP contribution >= 0.6 is 0 Å². The van der Waals surface area contributed by atoms with Gasteiger partial charge in [-0.15, -0.1) is 0 Å². The molecule has 0 aromatic rings. The number of allylic oxidation sites excluding steroid dienone is 30. The molecule has 0 N–H and O–H groups in total. The third kappa shape index (κ3) is 65.2. The Kier molecular flexibility index (Phi) is 62.5. The SMILES string of the molecule is CC/C=C\C/C=C\C/C=C\C/C=C\C/C=C\C/C=C\C/C=C\CCCC(=O)OC(COC(=O)CCCCCCC/C=C\C/C=C\CCCCC)COC(=O)CCCCCCCC/C=C\C/C=C\C/C=C\C/C=C\C/C=C\C/C=C\CC. The van der Waals surface area contributed by atoms with Crippen molar-refractivity contribution in [1.82, 2.24) is 0 Å². The van der Waals surface area contributed by atoms with Crippen LogP contribution in [-0.2, 0) is 28.6 Å². The molecule has 0 aromatic heterocycles.